The van der Waals surface area contributed by atoms with Crippen molar-refractivity contribution in [3.05, 3.63) is 63.7 Å². The van der Waals surface area contributed by atoms with Crippen LogP contribution < -0.4 is 20.7 Å². The van der Waals surface area contributed by atoms with Gasteiger partial charge in [0.25, 0.3) is 5.91 Å². The molecule has 0 aliphatic carbocycles. The number of fused-ring (bicyclic) bond motifs is 1. The van der Waals surface area contributed by atoms with E-state index in [4.69, 9.17) is 5.73 Å². The third kappa shape index (κ3) is 4.64. The number of nitrogens with one attached hydrogen (secondary N) is 1. The molecule has 0 aromatic carbocycles. The molecule has 1 fully saturated rings. The fourth-order valence-corrected chi connectivity index (χ4v) is 5.58. The van der Waals surface area contributed by atoms with Gasteiger partial charge in [-0.2, -0.15) is 0 Å². The Morgan fingerprint density at radius 1 is 1.25 bits per heavy atom. The molecule has 32 heavy (non-hydrogen) atoms. The summed E-state index contributed by atoms with van der Waals surface area (Å²) in [5.41, 5.74) is 5.91. The van der Waals surface area contributed by atoms with Gasteiger partial charge in [-0.05, 0) is 11.4 Å². The van der Waals surface area contributed by atoms with Gasteiger partial charge >= 0.3 is 0 Å². The van der Waals surface area contributed by atoms with Gasteiger partial charge in [0.1, 0.15) is 11.4 Å². The molecule has 1 saturated heterocycles. The first-order valence-electron chi connectivity index (χ1n) is 9.34. The molecule has 12 heteroatoms. The highest BCUT2D eigenvalue weighted by Crippen LogP contribution is 2.40. The van der Waals surface area contributed by atoms with E-state index in [1.807, 2.05) is 17.5 Å². The largest absolute Gasteiger partial charge is 0.543 e. The summed E-state index contributed by atoms with van der Waals surface area (Å²) in [6, 6.07) is 5.99. The molecule has 2 aliphatic heterocycles. The third-order valence-corrected chi connectivity index (χ3v) is 7.24. The SMILES string of the molecule is Cl.NC(=O)c1cc[n+](CC2=C(C(=O)[O-])N3C(=O)[C@@H](NC(=O)Cc4cccs4)[C@H]3SC2)cc1. The van der Waals surface area contributed by atoms with Crippen molar-refractivity contribution >= 4 is 59.2 Å². The standard InChI is InChI=1S/C20H18N4O5S2.ClH/c21-17(26)11-3-5-23(6-4-11)9-12-10-31-19-15(18(27)24(19)16(12)20(28)29)22-14(25)8-13-2-1-7-30-13;/h1-7,15,19H,8-10H2,(H3-,21,22,25,26,28,29);1H/t15-,19-;/m1./s1. The molecule has 2 aliphatic rings. The number of pyridine rings is 1. The number of nitrogens with two attached hydrogens (primary N) is 1. The molecule has 4 heterocycles. The normalized spacial score (nSPS) is 19.5. The zero-order valence-electron chi connectivity index (χ0n) is 16.6. The van der Waals surface area contributed by atoms with Gasteiger partial charge in [-0.25, -0.2) is 4.57 Å². The molecule has 0 saturated carbocycles. The summed E-state index contributed by atoms with van der Waals surface area (Å²) in [5.74, 6) is -2.39. The van der Waals surface area contributed by atoms with Crippen LogP contribution in [0.5, 0.6) is 0 Å². The number of carboxylic acid groups (broad SMARTS) is 1. The first-order chi connectivity index (χ1) is 14.8. The number of aliphatic carboxylic acids is 1. The number of primary amides is 1. The number of amides is 3. The molecule has 0 unspecified atom stereocenters. The molecular formula is C20H19ClN4O5S2. The minimum Gasteiger partial charge on any atom is -0.543 e. The van der Waals surface area contributed by atoms with E-state index in [0.717, 1.165) is 4.88 Å². The number of rotatable bonds is 7. The number of carbonyl (C=O) groups excluding carboxylic acids is 4. The lowest BCUT2D eigenvalue weighted by Crippen LogP contribution is -2.71. The first kappa shape index (κ1) is 23.8. The Morgan fingerprint density at radius 2 is 1.97 bits per heavy atom. The van der Waals surface area contributed by atoms with Gasteiger partial charge in [0.2, 0.25) is 11.8 Å². The van der Waals surface area contributed by atoms with Gasteiger partial charge in [0, 0.05) is 28.3 Å². The van der Waals surface area contributed by atoms with Crippen LogP contribution in [0, 0.1) is 0 Å². The van der Waals surface area contributed by atoms with Crippen molar-refractivity contribution in [3.63, 3.8) is 0 Å². The molecule has 4 rings (SSSR count). The van der Waals surface area contributed by atoms with Crippen LogP contribution in [-0.4, -0.2) is 45.8 Å². The van der Waals surface area contributed by atoms with Gasteiger partial charge < -0.3 is 21.0 Å². The highest BCUT2D eigenvalue weighted by atomic mass is 35.5. The van der Waals surface area contributed by atoms with E-state index < -0.39 is 29.2 Å². The Balaban J connectivity index is 0.00000289. The van der Waals surface area contributed by atoms with Crippen molar-refractivity contribution in [1.29, 1.82) is 0 Å². The Hall–Kier alpha value is -2.89. The molecule has 0 spiro atoms. The molecular weight excluding hydrogens is 476 g/mol. The zero-order valence-corrected chi connectivity index (χ0v) is 19.0. The van der Waals surface area contributed by atoms with Crippen molar-refractivity contribution in [2.45, 2.75) is 24.4 Å². The maximum absolute atomic E-state index is 12.7. The van der Waals surface area contributed by atoms with E-state index in [1.165, 1.54) is 40.1 Å². The van der Waals surface area contributed by atoms with Crippen LogP contribution in [0.4, 0.5) is 0 Å². The summed E-state index contributed by atoms with van der Waals surface area (Å²) in [6.45, 7) is 0.210. The van der Waals surface area contributed by atoms with Gasteiger partial charge in [-0.1, -0.05) is 6.07 Å². The van der Waals surface area contributed by atoms with Crippen molar-refractivity contribution in [1.82, 2.24) is 10.2 Å². The number of thioether (sulfide) groups is 1. The van der Waals surface area contributed by atoms with Crippen molar-refractivity contribution in [2.75, 3.05) is 5.75 Å². The Labute approximate surface area is 197 Å². The Kier molecular flexibility index (Phi) is 7.22. The van der Waals surface area contributed by atoms with E-state index in [9.17, 15) is 24.3 Å². The second kappa shape index (κ2) is 9.72. The Morgan fingerprint density at radius 3 is 2.56 bits per heavy atom. The molecule has 2 atom stereocenters. The lowest BCUT2D eigenvalue weighted by molar-refractivity contribution is -0.689. The number of carbonyl (C=O) groups is 4. The number of nitrogens with zero attached hydrogens (tertiary/aromatic N) is 2. The van der Waals surface area contributed by atoms with E-state index in [0.29, 0.717) is 16.9 Å². The second-order valence-electron chi connectivity index (χ2n) is 7.07. The smallest absolute Gasteiger partial charge is 0.253 e. The molecule has 168 valence electrons. The van der Waals surface area contributed by atoms with Crippen molar-refractivity contribution in [2.24, 2.45) is 5.73 Å². The van der Waals surface area contributed by atoms with Crippen LogP contribution in [-0.2, 0) is 27.3 Å². The predicted octanol–water partition coefficient (Wildman–Crippen LogP) is -0.797. The lowest BCUT2D eigenvalue weighted by Gasteiger charge is -2.50. The number of hydrogen-bond acceptors (Lipinski definition) is 7. The minimum atomic E-state index is -1.44. The van der Waals surface area contributed by atoms with E-state index in [1.54, 1.807) is 17.0 Å². The molecule has 2 aromatic heterocycles. The fourth-order valence-electron chi connectivity index (χ4n) is 3.54. The van der Waals surface area contributed by atoms with E-state index in [-0.39, 0.29) is 37.0 Å². The average molecular weight is 495 g/mol. The topological polar surface area (TPSA) is 137 Å². The highest BCUT2D eigenvalue weighted by Gasteiger charge is 2.53. The van der Waals surface area contributed by atoms with Crippen LogP contribution in [0.1, 0.15) is 15.2 Å². The van der Waals surface area contributed by atoms with Crippen LogP contribution in [0.15, 0.2) is 53.3 Å². The number of hydrogen-bond donors (Lipinski definition) is 2. The Bertz CT molecular complexity index is 1090. The highest BCUT2D eigenvalue weighted by molar-refractivity contribution is 8.00. The summed E-state index contributed by atoms with van der Waals surface area (Å²) >= 11 is 2.84. The number of halogens is 1. The molecule has 9 nitrogen and oxygen atoms in total. The monoisotopic (exact) mass is 494 g/mol. The number of carboxylic acids is 1. The quantitative estimate of drug-likeness (QED) is 0.382. The summed E-state index contributed by atoms with van der Waals surface area (Å²) in [6.07, 6.45) is 3.40. The van der Waals surface area contributed by atoms with Crippen LogP contribution in [0.3, 0.4) is 0 Å². The van der Waals surface area contributed by atoms with Gasteiger partial charge in [-0.15, -0.1) is 35.5 Å². The van der Waals surface area contributed by atoms with Gasteiger partial charge in [0.05, 0.1) is 23.7 Å². The van der Waals surface area contributed by atoms with Crippen molar-refractivity contribution in [3.8, 4) is 0 Å². The summed E-state index contributed by atoms with van der Waals surface area (Å²) in [4.78, 5) is 50.1. The average Bonchev–Trinajstić information content (AvgIpc) is 3.24. The number of thiophene rings is 1. The maximum Gasteiger partial charge on any atom is 0.253 e. The second-order valence-corrected chi connectivity index (χ2v) is 9.21. The summed E-state index contributed by atoms with van der Waals surface area (Å²) < 4.78 is 1.69. The van der Waals surface area contributed by atoms with E-state index >= 15 is 0 Å². The van der Waals surface area contributed by atoms with Crippen LogP contribution >= 0.6 is 35.5 Å². The molecule has 0 radical (unpaired) electrons. The minimum absolute atomic E-state index is 0. The summed E-state index contributed by atoms with van der Waals surface area (Å²) in [7, 11) is 0. The van der Waals surface area contributed by atoms with E-state index in [2.05, 4.69) is 5.32 Å². The molecule has 3 amide bonds. The van der Waals surface area contributed by atoms with Gasteiger partial charge in [0.15, 0.2) is 18.9 Å². The third-order valence-electron chi connectivity index (χ3n) is 5.02. The zero-order chi connectivity index (χ0) is 22.1. The molecule has 2 aromatic rings. The maximum atomic E-state index is 12.7. The predicted molar refractivity (Wildman–Crippen MR) is 117 cm³/mol. The van der Waals surface area contributed by atoms with Gasteiger partial charge in [-0.3, -0.25) is 19.3 Å². The molecule has 0 bridgehead atoms. The molecule has 3 N–H and O–H groups in total. The first-order valence-corrected chi connectivity index (χ1v) is 11.3. The summed E-state index contributed by atoms with van der Waals surface area (Å²) in [5, 5.41) is 15.9. The van der Waals surface area contributed by atoms with Crippen LogP contribution in [0.2, 0.25) is 0 Å². The number of β-lactam (4-membered cyclic amide) rings is 1. The van der Waals surface area contributed by atoms with Crippen molar-refractivity contribution < 1.29 is 28.9 Å². The van der Waals surface area contributed by atoms with Crippen LogP contribution in [0.25, 0.3) is 0 Å². The number of aromatic nitrogens is 1. The lowest BCUT2D eigenvalue weighted by atomic mass is 10.0. The fraction of sp³-hybridized carbons (Fsp3) is 0.250.